The van der Waals surface area contributed by atoms with Crippen LogP contribution in [0.25, 0.3) is 0 Å². The Labute approximate surface area is 116 Å². The molecule has 0 bridgehead atoms. The van der Waals surface area contributed by atoms with E-state index in [4.69, 9.17) is 0 Å². The Hall–Kier alpha value is -1.23. The van der Waals surface area contributed by atoms with Gasteiger partial charge in [0.2, 0.25) is 5.95 Å². The minimum absolute atomic E-state index is 0.328. The van der Waals surface area contributed by atoms with E-state index in [0.29, 0.717) is 17.9 Å². The lowest BCUT2D eigenvalue weighted by Gasteiger charge is -2.25. The van der Waals surface area contributed by atoms with E-state index in [1.807, 2.05) is 0 Å². The number of nitrogens with zero attached hydrogens (tertiary/aromatic N) is 4. The van der Waals surface area contributed by atoms with Gasteiger partial charge < -0.3 is 10.2 Å². The van der Waals surface area contributed by atoms with Crippen LogP contribution in [0.15, 0.2) is 0 Å². The topological polar surface area (TPSA) is 53.9 Å². The number of likely N-dealkylation sites (N-methyl/N-ethyl adjacent to an activating group) is 1. The van der Waals surface area contributed by atoms with Gasteiger partial charge in [0.1, 0.15) is 0 Å². The van der Waals surface area contributed by atoms with Crippen molar-refractivity contribution in [2.24, 2.45) is 5.92 Å². The molecular weight excluding hydrogens is 238 g/mol. The van der Waals surface area contributed by atoms with E-state index >= 15 is 0 Å². The van der Waals surface area contributed by atoms with Crippen LogP contribution in [0.3, 0.4) is 0 Å². The quantitative estimate of drug-likeness (QED) is 0.817. The molecule has 1 aromatic heterocycles. The minimum atomic E-state index is 0.328. The maximum absolute atomic E-state index is 4.59. The zero-order chi connectivity index (χ0) is 14.4. The van der Waals surface area contributed by atoms with Crippen LogP contribution >= 0.6 is 0 Å². The number of aryl methyl sites for hydroxylation is 2. The Morgan fingerprint density at radius 2 is 1.68 bits per heavy atom. The third-order valence-electron chi connectivity index (χ3n) is 3.19. The average molecular weight is 265 g/mol. The fourth-order valence-electron chi connectivity index (χ4n) is 1.98. The molecule has 0 spiro atoms. The van der Waals surface area contributed by atoms with Gasteiger partial charge in [-0.1, -0.05) is 27.7 Å². The lowest BCUT2D eigenvalue weighted by molar-refractivity contribution is 0.343. The van der Waals surface area contributed by atoms with Gasteiger partial charge in [-0.25, -0.2) is 4.98 Å². The normalized spacial score (nSPS) is 13.1. The van der Waals surface area contributed by atoms with Gasteiger partial charge in [-0.2, -0.15) is 5.10 Å². The van der Waals surface area contributed by atoms with Crippen molar-refractivity contribution in [3.05, 3.63) is 11.4 Å². The Kier molecular flexibility index (Phi) is 6.15. The fraction of sp³-hybridized carbons (Fsp3) is 0.786. The molecule has 5 heteroatoms. The summed E-state index contributed by atoms with van der Waals surface area (Å²) in [6, 6.07) is 0.328. The highest BCUT2D eigenvalue weighted by atomic mass is 15.3. The van der Waals surface area contributed by atoms with Crippen molar-refractivity contribution in [1.82, 2.24) is 20.1 Å². The summed E-state index contributed by atoms with van der Waals surface area (Å²) in [4.78, 5) is 6.76. The lowest BCUT2D eigenvalue weighted by atomic mass is 10.0. The molecule has 0 amide bonds. The summed E-state index contributed by atoms with van der Waals surface area (Å²) in [7, 11) is 4.15. The first kappa shape index (κ1) is 15.8. The maximum Gasteiger partial charge on any atom is 0.243 e. The molecule has 0 fully saturated rings. The van der Waals surface area contributed by atoms with Crippen molar-refractivity contribution in [2.75, 3.05) is 26.0 Å². The summed E-state index contributed by atoms with van der Waals surface area (Å²) < 4.78 is 0. The van der Waals surface area contributed by atoms with Crippen molar-refractivity contribution in [1.29, 1.82) is 0 Å². The van der Waals surface area contributed by atoms with Gasteiger partial charge in [0.25, 0.3) is 0 Å². The monoisotopic (exact) mass is 265 g/mol. The van der Waals surface area contributed by atoms with Crippen molar-refractivity contribution in [3.63, 3.8) is 0 Å². The van der Waals surface area contributed by atoms with Gasteiger partial charge in [-0.3, -0.25) is 0 Å². The van der Waals surface area contributed by atoms with E-state index in [0.717, 1.165) is 30.8 Å². The van der Waals surface area contributed by atoms with Crippen LogP contribution in [0, 0.1) is 5.92 Å². The molecule has 1 unspecified atom stereocenters. The molecule has 19 heavy (non-hydrogen) atoms. The Balaban J connectivity index is 2.84. The van der Waals surface area contributed by atoms with Gasteiger partial charge >= 0.3 is 0 Å². The van der Waals surface area contributed by atoms with Gasteiger partial charge in [-0.15, -0.1) is 5.10 Å². The predicted molar refractivity (Wildman–Crippen MR) is 79.4 cm³/mol. The molecule has 0 aromatic carbocycles. The van der Waals surface area contributed by atoms with E-state index in [9.17, 15) is 0 Å². The van der Waals surface area contributed by atoms with Gasteiger partial charge in [0, 0.05) is 12.6 Å². The predicted octanol–water partition coefficient (Wildman–Crippen LogP) is 1.99. The second-order valence-corrected chi connectivity index (χ2v) is 5.49. The highest BCUT2D eigenvalue weighted by molar-refractivity contribution is 5.27. The van der Waals surface area contributed by atoms with Gasteiger partial charge in [0.15, 0.2) is 0 Å². The van der Waals surface area contributed by atoms with Crippen LogP contribution in [0.5, 0.6) is 0 Å². The van der Waals surface area contributed by atoms with E-state index < -0.39 is 0 Å². The summed E-state index contributed by atoms with van der Waals surface area (Å²) in [5.74, 6) is 1.16. The Morgan fingerprint density at radius 3 is 2.16 bits per heavy atom. The summed E-state index contributed by atoms with van der Waals surface area (Å²) in [5.41, 5.74) is 2.05. The summed E-state index contributed by atoms with van der Waals surface area (Å²) in [6.07, 6.45) is 1.78. The third-order valence-corrected chi connectivity index (χ3v) is 3.19. The molecule has 0 saturated heterocycles. The molecule has 108 valence electrons. The molecule has 1 aromatic rings. The second kappa shape index (κ2) is 7.38. The lowest BCUT2D eigenvalue weighted by Crippen LogP contribution is -2.37. The summed E-state index contributed by atoms with van der Waals surface area (Å²) in [5, 5.41) is 11.9. The second-order valence-electron chi connectivity index (χ2n) is 5.49. The number of nitrogens with one attached hydrogen (secondary N) is 1. The maximum atomic E-state index is 4.59. The summed E-state index contributed by atoms with van der Waals surface area (Å²) in [6.45, 7) is 9.55. The first-order chi connectivity index (χ1) is 8.97. The Morgan fingerprint density at radius 1 is 1.05 bits per heavy atom. The van der Waals surface area contributed by atoms with E-state index in [-0.39, 0.29) is 0 Å². The van der Waals surface area contributed by atoms with E-state index in [1.165, 1.54) is 0 Å². The zero-order valence-corrected chi connectivity index (χ0v) is 13.1. The fourth-order valence-corrected chi connectivity index (χ4v) is 1.98. The number of aromatic nitrogens is 3. The number of hydrogen-bond acceptors (Lipinski definition) is 5. The smallest absolute Gasteiger partial charge is 0.243 e. The number of anilines is 1. The zero-order valence-electron chi connectivity index (χ0n) is 13.1. The van der Waals surface area contributed by atoms with Gasteiger partial charge in [-0.05, 0) is 32.9 Å². The first-order valence-electron chi connectivity index (χ1n) is 7.11. The van der Waals surface area contributed by atoms with Crippen LogP contribution in [-0.2, 0) is 12.8 Å². The molecular formula is C14H27N5. The molecule has 5 nitrogen and oxygen atoms in total. The van der Waals surface area contributed by atoms with Crippen LogP contribution in [-0.4, -0.2) is 46.8 Å². The number of rotatable bonds is 7. The van der Waals surface area contributed by atoms with Crippen LogP contribution in [0.1, 0.15) is 39.1 Å². The van der Waals surface area contributed by atoms with Crippen molar-refractivity contribution < 1.29 is 0 Å². The van der Waals surface area contributed by atoms with Gasteiger partial charge in [0.05, 0.1) is 11.4 Å². The molecule has 1 N–H and O–H groups in total. The molecule has 0 aliphatic heterocycles. The molecule has 1 rings (SSSR count). The first-order valence-corrected chi connectivity index (χ1v) is 7.11. The highest BCUT2D eigenvalue weighted by Crippen LogP contribution is 2.11. The van der Waals surface area contributed by atoms with Crippen molar-refractivity contribution >= 4 is 5.95 Å². The third kappa shape index (κ3) is 4.74. The molecule has 0 aliphatic carbocycles. The van der Waals surface area contributed by atoms with Crippen molar-refractivity contribution in [2.45, 2.75) is 46.6 Å². The average Bonchev–Trinajstić information content (AvgIpc) is 2.37. The van der Waals surface area contributed by atoms with Crippen LogP contribution < -0.4 is 5.32 Å². The van der Waals surface area contributed by atoms with Crippen LogP contribution in [0.4, 0.5) is 5.95 Å². The van der Waals surface area contributed by atoms with Crippen molar-refractivity contribution in [3.8, 4) is 0 Å². The number of hydrogen-bond donors (Lipinski definition) is 1. The Bertz CT molecular complexity index is 389. The molecule has 0 radical (unpaired) electrons. The van der Waals surface area contributed by atoms with E-state index in [1.54, 1.807) is 0 Å². The standard InChI is InChI=1S/C14H27N5/c1-7-11-12(8-2)17-18-14(15-11)16-13(10(3)4)9-19(5)6/h10,13H,7-9H2,1-6H3,(H,15,16,18). The molecule has 0 saturated carbocycles. The van der Waals surface area contributed by atoms with E-state index in [2.05, 4.69) is 67.2 Å². The minimum Gasteiger partial charge on any atom is -0.349 e. The SMILES string of the molecule is CCc1nnc(NC(CN(C)C)C(C)C)nc1CC. The molecule has 1 heterocycles. The van der Waals surface area contributed by atoms with Crippen LogP contribution in [0.2, 0.25) is 0 Å². The molecule has 0 aliphatic rings. The highest BCUT2D eigenvalue weighted by Gasteiger charge is 2.16. The molecule has 1 atom stereocenters. The summed E-state index contributed by atoms with van der Waals surface area (Å²) >= 11 is 0. The largest absolute Gasteiger partial charge is 0.349 e.